The fourth-order valence-electron chi connectivity index (χ4n) is 0.925. The molecule has 0 unspecified atom stereocenters. The minimum atomic E-state index is -4.29. The molecule has 0 aliphatic rings. The van der Waals surface area contributed by atoms with E-state index >= 15 is 0 Å². The van der Waals surface area contributed by atoms with Gasteiger partial charge in [-0.05, 0) is 6.07 Å². The molecule has 0 atom stereocenters. The third kappa shape index (κ3) is 3.80. The Morgan fingerprint density at radius 2 is 2.24 bits per heavy atom. The average molecular weight is 279 g/mol. The summed E-state index contributed by atoms with van der Waals surface area (Å²) in [5, 5.41) is 12.8. The van der Waals surface area contributed by atoms with Gasteiger partial charge in [0.15, 0.2) is 0 Å². The summed E-state index contributed by atoms with van der Waals surface area (Å²) in [6.07, 6.45) is 0. The molecule has 9 heteroatoms. The molecular weight excluding hydrogens is 270 g/mol. The second kappa shape index (κ2) is 5.25. The van der Waals surface area contributed by atoms with Crippen LogP contribution >= 0.6 is 11.3 Å². The van der Waals surface area contributed by atoms with Crippen molar-refractivity contribution < 1.29 is 27.7 Å². The minimum Gasteiger partial charge on any atom is -0.459 e. The Kier molecular flexibility index (Phi) is 4.21. The van der Waals surface area contributed by atoms with Crippen LogP contribution in [-0.4, -0.2) is 36.5 Å². The van der Waals surface area contributed by atoms with E-state index in [2.05, 4.69) is 9.89 Å². The van der Waals surface area contributed by atoms with Crippen LogP contribution in [0.1, 0.15) is 11.8 Å². The van der Waals surface area contributed by atoms with Gasteiger partial charge in [-0.1, -0.05) is 5.16 Å². The Bertz CT molecular complexity index is 544. The maximum Gasteiger partial charge on any atom is 0.303 e. The Morgan fingerprint density at radius 3 is 2.65 bits per heavy atom. The summed E-state index contributed by atoms with van der Waals surface area (Å²) >= 11 is 0.940. The number of ether oxygens (including phenoxy) is 1. The third-order valence-electron chi connectivity index (χ3n) is 1.69. The van der Waals surface area contributed by atoms with Crippen LogP contribution in [0.2, 0.25) is 0 Å². The number of hydrogen-bond acceptors (Lipinski definition) is 7. The normalized spacial score (nSPS) is 12.5. The topological polar surface area (TPSA) is 113 Å². The Labute approximate surface area is 101 Å². The summed E-state index contributed by atoms with van der Waals surface area (Å²) in [4.78, 5) is 10.5. The van der Waals surface area contributed by atoms with E-state index in [-0.39, 0.29) is 22.1 Å². The zero-order chi connectivity index (χ0) is 13.1. The summed E-state index contributed by atoms with van der Waals surface area (Å²) in [6.45, 7) is 0.907. The molecule has 0 aliphatic heterocycles. The molecule has 0 saturated heterocycles. The molecule has 0 bridgehead atoms. The zero-order valence-corrected chi connectivity index (χ0v) is 10.3. The van der Waals surface area contributed by atoms with Gasteiger partial charge >= 0.3 is 5.97 Å². The highest BCUT2D eigenvalue weighted by Crippen LogP contribution is 2.20. The van der Waals surface area contributed by atoms with Crippen LogP contribution in [0.25, 0.3) is 0 Å². The molecule has 1 heterocycles. The molecule has 94 valence electrons. The van der Waals surface area contributed by atoms with E-state index in [0.29, 0.717) is 0 Å². The maximum atomic E-state index is 10.8. The van der Waals surface area contributed by atoms with Crippen molar-refractivity contribution in [2.75, 3.05) is 6.61 Å². The van der Waals surface area contributed by atoms with Gasteiger partial charge in [0, 0.05) is 12.3 Å². The maximum absolute atomic E-state index is 10.8. The lowest BCUT2D eigenvalue weighted by molar-refractivity contribution is -0.139. The van der Waals surface area contributed by atoms with Crippen LogP contribution in [0.4, 0.5) is 0 Å². The van der Waals surface area contributed by atoms with Gasteiger partial charge in [-0.3, -0.25) is 9.35 Å². The summed E-state index contributed by atoms with van der Waals surface area (Å²) in [5.74, 6) is -0.558. The molecule has 0 spiro atoms. The largest absolute Gasteiger partial charge is 0.459 e. The fraction of sp³-hybridized carbons (Fsp3) is 0.250. The van der Waals surface area contributed by atoms with Gasteiger partial charge in [-0.15, -0.1) is 11.3 Å². The number of rotatable bonds is 4. The second-order valence-electron chi connectivity index (χ2n) is 2.95. The number of hydrogen-bond donors (Lipinski definition) is 2. The molecule has 7 nitrogen and oxygen atoms in total. The van der Waals surface area contributed by atoms with E-state index in [1.165, 1.54) is 12.3 Å². The first kappa shape index (κ1) is 13.6. The van der Waals surface area contributed by atoms with Crippen LogP contribution in [0.3, 0.4) is 0 Å². The van der Waals surface area contributed by atoms with Crippen LogP contribution in [0, 0.1) is 0 Å². The van der Waals surface area contributed by atoms with Crippen LogP contribution in [-0.2, 0) is 19.6 Å². The predicted molar refractivity (Wildman–Crippen MR) is 59.1 cm³/mol. The molecule has 0 radical (unpaired) electrons. The van der Waals surface area contributed by atoms with E-state index in [0.717, 1.165) is 17.4 Å². The van der Waals surface area contributed by atoms with Gasteiger partial charge < -0.3 is 9.94 Å². The molecule has 1 aromatic rings. The minimum absolute atomic E-state index is 0.0000926. The average Bonchev–Trinajstić information content (AvgIpc) is 2.67. The number of carbonyl (C=O) groups excluding carboxylic acids is 1. The first-order valence-electron chi connectivity index (χ1n) is 4.25. The van der Waals surface area contributed by atoms with E-state index in [1.54, 1.807) is 0 Å². The molecule has 0 aromatic carbocycles. The van der Waals surface area contributed by atoms with Crippen molar-refractivity contribution in [3.8, 4) is 0 Å². The first-order chi connectivity index (χ1) is 7.84. The molecule has 0 amide bonds. The highest BCUT2D eigenvalue weighted by Gasteiger charge is 2.16. The number of carbonyl (C=O) groups is 1. The first-order valence-corrected chi connectivity index (χ1v) is 6.57. The van der Waals surface area contributed by atoms with Crippen molar-refractivity contribution in [3.05, 3.63) is 16.3 Å². The molecular formula is C8H9NO6S2. The second-order valence-corrected chi connectivity index (χ2v) is 5.28. The molecule has 0 fully saturated rings. The lowest BCUT2D eigenvalue weighted by Gasteiger charge is -2.01. The van der Waals surface area contributed by atoms with Gasteiger partial charge in [-0.25, -0.2) is 0 Å². The van der Waals surface area contributed by atoms with Crippen molar-refractivity contribution in [3.63, 3.8) is 0 Å². The quantitative estimate of drug-likeness (QED) is 0.276. The molecule has 0 saturated carbocycles. The zero-order valence-electron chi connectivity index (χ0n) is 8.65. The van der Waals surface area contributed by atoms with Crippen molar-refractivity contribution in [2.24, 2.45) is 5.16 Å². The van der Waals surface area contributed by atoms with Gasteiger partial charge in [0.05, 0.1) is 4.88 Å². The Balaban J connectivity index is 2.92. The lowest BCUT2D eigenvalue weighted by atomic mass is 10.3. The number of thiophene rings is 1. The number of nitrogens with zero attached hydrogens (tertiary/aromatic N) is 1. The molecule has 1 aromatic heterocycles. The van der Waals surface area contributed by atoms with Crippen molar-refractivity contribution >= 4 is 33.1 Å². The van der Waals surface area contributed by atoms with Gasteiger partial charge in [-0.2, -0.15) is 8.42 Å². The van der Waals surface area contributed by atoms with Crippen molar-refractivity contribution in [1.82, 2.24) is 0 Å². The Hall–Kier alpha value is -1.45. The molecule has 17 heavy (non-hydrogen) atoms. The highest BCUT2D eigenvalue weighted by atomic mass is 32.2. The van der Waals surface area contributed by atoms with Crippen molar-refractivity contribution in [2.45, 2.75) is 11.8 Å². The highest BCUT2D eigenvalue weighted by molar-refractivity contribution is 7.86. The summed E-state index contributed by atoms with van der Waals surface area (Å²) in [7, 11) is -4.29. The van der Waals surface area contributed by atoms with Crippen LogP contribution in [0.5, 0.6) is 0 Å². The van der Waals surface area contributed by atoms with E-state index in [4.69, 9.17) is 9.76 Å². The van der Waals surface area contributed by atoms with Gasteiger partial charge in [0.1, 0.15) is 17.2 Å². The van der Waals surface area contributed by atoms with Crippen LogP contribution < -0.4 is 0 Å². The predicted octanol–water partition coefficient (Wildman–Crippen LogP) is 0.736. The Morgan fingerprint density at radius 1 is 1.59 bits per heavy atom. The summed E-state index contributed by atoms with van der Waals surface area (Å²) in [6, 6.07) is 1.12. The van der Waals surface area contributed by atoms with Crippen LogP contribution in [0.15, 0.2) is 21.5 Å². The van der Waals surface area contributed by atoms with Gasteiger partial charge in [0.2, 0.25) is 0 Å². The SMILES string of the molecule is CC(=O)OC/C(=N/O)c1cc(S(=O)(=O)O)cs1. The van der Waals surface area contributed by atoms with E-state index < -0.39 is 16.1 Å². The van der Waals surface area contributed by atoms with E-state index in [1.807, 2.05) is 0 Å². The summed E-state index contributed by atoms with van der Waals surface area (Å²) < 4.78 is 35.0. The van der Waals surface area contributed by atoms with Gasteiger partial charge in [0.25, 0.3) is 10.1 Å². The molecule has 1 rings (SSSR count). The molecule has 0 aliphatic carbocycles. The monoisotopic (exact) mass is 279 g/mol. The third-order valence-corrected chi connectivity index (χ3v) is 3.65. The van der Waals surface area contributed by atoms with Crippen molar-refractivity contribution in [1.29, 1.82) is 0 Å². The standard InChI is InChI=1S/C8H9NO6S2/c1-5(10)15-3-7(9-11)8-2-6(4-16-8)17(12,13)14/h2,4,11H,3H2,1H3,(H,12,13,14)/b9-7-. The van der Waals surface area contributed by atoms with E-state index in [9.17, 15) is 13.2 Å². The fourth-order valence-corrected chi connectivity index (χ4v) is 2.64. The molecule has 2 N–H and O–H groups in total. The number of esters is 1. The number of oxime groups is 1. The smallest absolute Gasteiger partial charge is 0.303 e. The lowest BCUT2D eigenvalue weighted by Crippen LogP contribution is -2.12. The summed E-state index contributed by atoms with van der Waals surface area (Å²) in [5.41, 5.74) is 0.0000926.